The molecule has 16 heteroatoms. The van der Waals surface area contributed by atoms with E-state index in [4.69, 9.17) is 5.10 Å². The summed E-state index contributed by atoms with van der Waals surface area (Å²) in [5, 5.41) is 21.6. The number of nitrogens with one attached hydrogen (secondary N) is 2. The highest BCUT2D eigenvalue weighted by Gasteiger charge is 2.34. The van der Waals surface area contributed by atoms with Crippen molar-refractivity contribution in [3.8, 4) is 11.8 Å². The highest BCUT2D eigenvalue weighted by molar-refractivity contribution is 6.04. The van der Waals surface area contributed by atoms with Crippen LogP contribution in [0.5, 0.6) is 0 Å². The van der Waals surface area contributed by atoms with Crippen LogP contribution >= 0.6 is 0 Å². The molecule has 1 atom stereocenters. The molecule has 3 aromatic heterocycles. The minimum atomic E-state index is -4.69. The number of aromatic nitrogens is 5. The summed E-state index contributed by atoms with van der Waals surface area (Å²) in [5.41, 5.74) is 0.114. The number of fused-ring (bicyclic) bond motifs is 2. The van der Waals surface area contributed by atoms with Gasteiger partial charge in [-0.2, -0.15) is 18.3 Å². The molecule has 3 amide bonds. The van der Waals surface area contributed by atoms with Gasteiger partial charge in [0.15, 0.2) is 0 Å². The second-order valence-electron chi connectivity index (χ2n) is 17.3. The number of imidazole rings is 1. The number of hydrogen-bond donors (Lipinski definition) is 3. The summed E-state index contributed by atoms with van der Waals surface area (Å²) >= 11 is 0. The lowest BCUT2D eigenvalue weighted by atomic mass is 9.85. The van der Waals surface area contributed by atoms with Crippen LogP contribution in [0.15, 0.2) is 59.5 Å². The number of amides is 3. The quantitative estimate of drug-likeness (QED) is 0.119. The number of hydrogen-bond acceptors (Lipinski definition) is 8. The van der Waals surface area contributed by atoms with Crippen LogP contribution in [0.3, 0.4) is 0 Å². The van der Waals surface area contributed by atoms with E-state index in [0.717, 1.165) is 87.7 Å². The zero-order valence-electron chi connectivity index (χ0n) is 34.4. The van der Waals surface area contributed by atoms with Crippen LogP contribution in [-0.4, -0.2) is 71.3 Å². The van der Waals surface area contributed by atoms with E-state index in [9.17, 15) is 37.5 Å². The number of carbonyl (C=O) groups is 3. The Morgan fingerprint density at radius 3 is 2.41 bits per heavy atom. The number of pyridine rings is 1. The smallest absolute Gasteiger partial charge is 0.386 e. The zero-order valence-corrected chi connectivity index (χ0v) is 34.4. The van der Waals surface area contributed by atoms with E-state index in [1.165, 1.54) is 15.2 Å². The molecule has 1 aliphatic carbocycles. The number of anilines is 1. The van der Waals surface area contributed by atoms with Gasteiger partial charge in [-0.1, -0.05) is 24.0 Å². The Kier molecular flexibility index (Phi) is 11.4. The number of nitrogens with zero attached hydrogens (tertiary/aromatic N) is 6. The molecule has 2 aliphatic heterocycles. The molecule has 0 radical (unpaired) electrons. The van der Waals surface area contributed by atoms with Crippen LogP contribution in [0, 0.1) is 23.7 Å². The first-order chi connectivity index (χ1) is 29.0. The lowest BCUT2D eigenvalue weighted by molar-refractivity contribution is -0.141. The predicted octanol–water partition coefficient (Wildman–Crippen LogP) is 6.45. The highest BCUT2D eigenvalue weighted by Crippen LogP contribution is 2.37. The largest absolute Gasteiger partial charge is 0.433 e. The molecule has 3 aliphatic rings. The number of carbonyl (C=O) groups excluding carboxylic acids is 3. The van der Waals surface area contributed by atoms with Gasteiger partial charge in [-0.05, 0) is 120 Å². The number of imide groups is 1. The van der Waals surface area contributed by atoms with Crippen molar-refractivity contribution in [3.63, 3.8) is 0 Å². The maximum Gasteiger partial charge on any atom is 0.433 e. The van der Waals surface area contributed by atoms with Gasteiger partial charge in [0.05, 0.1) is 33.8 Å². The average Bonchev–Trinajstić information content (AvgIpc) is 3.75. The molecule has 8 rings (SSSR count). The Morgan fingerprint density at radius 1 is 0.967 bits per heavy atom. The average molecular weight is 839 g/mol. The molecule has 2 saturated heterocycles. The van der Waals surface area contributed by atoms with Crippen LogP contribution in [-0.2, 0) is 28.4 Å². The number of likely N-dealkylation sites (tertiary alicyclic amines) is 1. The third-order valence-electron chi connectivity index (χ3n) is 12.5. The first kappa shape index (κ1) is 41.9. The van der Waals surface area contributed by atoms with E-state index in [1.807, 2.05) is 29.1 Å². The van der Waals surface area contributed by atoms with E-state index in [0.29, 0.717) is 33.9 Å². The molecule has 3 N–H and O–H groups in total. The van der Waals surface area contributed by atoms with Gasteiger partial charge in [0.1, 0.15) is 17.4 Å². The van der Waals surface area contributed by atoms with Crippen molar-refractivity contribution in [2.24, 2.45) is 18.9 Å². The summed E-state index contributed by atoms with van der Waals surface area (Å²) in [7, 11) is 1.69. The van der Waals surface area contributed by atoms with Crippen molar-refractivity contribution < 1.29 is 32.7 Å². The number of benzene rings is 2. The molecule has 1 unspecified atom stereocenters. The van der Waals surface area contributed by atoms with Crippen LogP contribution in [0.1, 0.15) is 111 Å². The van der Waals surface area contributed by atoms with Crippen LogP contribution in [0.4, 0.5) is 18.9 Å². The second-order valence-corrected chi connectivity index (χ2v) is 17.3. The Bertz CT molecular complexity index is 2630. The van der Waals surface area contributed by atoms with E-state index in [1.54, 1.807) is 33.0 Å². The summed E-state index contributed by atoms with van der Waals surface area (Å²) in [4.78, 5) is 56.8. The topological polar surface area (TPSA) is 156 Å². The number of rotatable bonds is 8. The van der Waals surface area contributed by atoms with E-state index < -0.39 is 35.3 Å². The standard InChI is InChI=1S/C45H49F3N8O5/c1-44(2,61)32-24-34-30(23-35(32)50-41(58)33-10-6-12-38(49-33)45(46,47)48)26-55(52-34)31-15-13-28(14-16-31)25-54-21-19-27(20-22-54)7-4-8-29-9-5-11-36-40(29)53(3)43(60)56(36)37-17-18-39(57)51-42(37)59/h5-6,9-12,23-24,26-28,31,37,61H,7,13-22,25H2,1-3H3,(H,50,58)(H,51,57,59). The molecular weight excluding hydrogens is 790 g/mol. The Hall–Kier alpha value is -5.79. The fourth-order valence-electron chi connectivity index (χ4n) is 9.18. The summed E-state index contributed by atoms with van der Waals surface area (Å²) in [5.74, 6) is 6.14. The maximum atomic E-state index is 13.3. The van der Waals surface area contributed by atoms with Crippen molar-refractivity contribution >= 4 is 45.3 Å². The fraction of sp³-hybridized carbons (Fsp3) is 0.467. The molecule has 1 saturated carbocycles. The van der Waals surface area contributed by atoms with Gasteiger partial charge < -0.3 is 15.3 Å². The fourth-order valence-corrected chi connectivity index (χ4v) is 9.18. The minimum Gasteiger partial charge on any atom is -0.386 e. The summed E-state index contributed by atoms with van der Waals surface area (Å²) in [6.45, 7) is 6.22. The zero-order chi connectivity index (χ0) is 43.2. The predicted molar refractivity (Wildman–Crippen MR) is 222 cm³/mol. The van der Waals surface area contributed by atoms with Crippen molar-refractivity contribution in [1.29, 1.82) is 0 Å². The van der Waals surface area contributed by atoms with E-state index in [2.05, 4.69) is 32.4 Å². The number of piperidine rings is 2. The highest BCUT2D eigenvalue weighted by atomic mass is 19.4. The van der Waals surface area contributed by atoms with Crippen LogP contribution in [0.25, 0.3) is 21.9 Å². The minimum absolute atomic E-state index is 0.185. The lowest BCUT2D eigenvalue weighted by Gasteiger charge is -2.36. The lowest BCUT2D eigenvalue weighted by Crippen LogP contribution is -2.44. The number of halogens is 3. The monoisotopic (exact) mass is 838 g/mol. The molecule has 0 bridgehead atoms. The van der Waals surface area contributed by atoms with Gasteiger partial charge in [-0.25, -0.2) is 9.78 Å². The van der Waals surface area contributed by atoms with Crippen molar-refractivity contribution in [2.45, 2.75) is 95.5 Å². The third-order valence-corrected chi connectivity index (χ3v) is 12.5. The molecule has 3 fully saturated rings. The van der Waals surface area contributed by atoms with Gasteiger partial charge in [0.25, 0.3) is 5.91 Å². The Morgan fingerprint density at radius 2 is 1.70 bits per heavy atom. The molecule has 2 aromatic carbocycles. The molecule has 5 aromatic rings. The van der Waals surface area contributed by atoms with E-state index in [-0.39, 0.29) is 41.9 Å². The third kappa shape index (κ3) is 8.85. The molecular formula is C45H49F3N8O5. The molecule has 0 spiro atoms. The summed E-state index contributed by atoms with van der Waals surface area (Å²) < 4.78 is 44.8. The number of para-hydroxylation sites is 1. The summed E-state index contributed by atoms with van der Waals surface area (Å²) in [6.07, 6.45) is 4.62. The Balaban J connectivity index is 0.848. The number of alkyl halides is 3. The first-order valence-corrected chi connectivity index (χ1v) is 20.9. The van der Waals surface area contributed by atoms with Crippen molar-refractivity contribution in [2.75, 3.05) is 25.0 Å². The van der Waals surface area contributed by atoms with Gasteiger partial charge in [0.2, 0.25) is 11.8 Å². The van der Waals surface area contributed by atoms with Gasteiger partial charge >= 0.3 is 11.9 Å². The van der Waals surface area contributed by atoms with E-state index >= 15 is 0 Å². The van der Waals surface area contributed by atoms with Crippen LogP contribution < -0.4 is 16.3 Å². The normalized spacial score (nSPS) is 20.7. The molecule has 5 heterocycles. The Labute approximate surface area is 350 Å². The molecule has 13 nitrogen and oxygen atoms in total. The van der Waals surface area contributed by atoms with Gasteiger partial charge in [0, 0.05) is 49.3 Å². The molecule has 320 valence electrons. The SMILES string of the molecule is Cn1c(=O)n(C2CCC(=O)NC2=O)c2cccc(C#CCC3CCN(CC4CCC(n5cc6cc(NC(=O)c7cccc(C(F)(F)F)n7)c(C(C)(C)O)cc6n5)CC4)CC3)c21. The maximum absolute atomic E-state index is 13.3. The van der Waals surface area contributed by atoms with Crippen LogP contribution in [0.2, 0.25) is 0 Å². The molecule has 61 heavy (non-hydrogen) atoms. The number of aryl methyl sites for hydroxylation is 1. The number of aliphatic hydroxyl groups is 1. The van der Waals surface area contributed by atoms with Crippen molar-refractivity contribution in [3.05, 3.63) is 87.7 Å². The first-order valence-electron chi connectivity index (χ1n) is 20.9. The van der Waals surface area contributed by atoms with Crippen molar-refractivity contribution in [1.82, 2.24) is 34.1 Å². The second kappa shape index (κ2) is 16.6. The van der Waals surface area contributed by atoms with Gasteiger partial charge in [-0.15, -0.1) is 0 Å². The summed E-state index contributed by atoms with van der Waals surface area (Å²) in [6, 6.07) is 11.6. The van der Waals surface area contributed by atoms with Gasteiger partial charge in [-0.3, -0.25) is 33.5 Å².